The van der Waals surface area contributed by atoms with Crippen molar-refractivity contribution in [2.45, 2.75) is 25.8 Å². The normalized spacial score (nSPS) is 15.4. The number of hydrogen-bond donors (Lipinski definition) is 1. The lowest BCUT2D eigenvalue weighted by Crippen LogP contribution is -2.36. The van der Waals surface area contributed by atoms with Gasteiger partial charge in [0.25, 0.3) is 5.91 Å². The highest BCUT2D eigenvalue weighted by molar-refractivity contribution is 7.17. The lowest BCUT2D eigenvalue weighted by Gasteiger charge is -2.28. The maximum atomic E-state index is 13.2. The van der Waals surface area contributed by atoms with Gasteiger partial charge in [-0.3, -0.25) is 9.69 Å². The molecule has 1 aromatic heterocycles. The van der Waals surface area contributed by atoms with Crippen molar-refractivity contribution in [2.75, 3.05) is 19.6 Å². The van der Waals surface area contributed by atoms with Crippen LogP contribution in [0.4, 0.5) is 4.39 Å². The van der Waals surface area contributed by atoms with Crippen LogP contribution in [-0.2, 0) is 0 Å². The Labute approximate surface area is 174 Å². The quantitative estimate of drug-likeness (QED) is 0.635. The third kappa shape index (κ3) is 4.54. The van der Waals surface area contributed by atoms with E-state index in [0.29, 0.717) is 17.1 Å². The largest absolute Gasteiger partial charge is 0.349 e. The van der Waals surface area contributed by atoms with Crippen LogP contribution in [0.2, 0.25) is 0 Å². The zero-order chi connectivity index (χ0) is 20.2. The highest BCUT2D eigenvalue weighted by Crippen LogP contribution is 2.29. The minimum absolute atomic E-state index is 0.103. The monoisotopic (exact) mass is 409 g/mol. The molecule has 4 rings (SSSR count). The third-order valence-electron chi connectivity index (χ3n) is 5.32. The SMILES string of the molecule is Cc1nc(-c2ccc(F)cc2)sc1C(=O)NCC(c1ccccc1)N1CCCC1. The van der Waals surface area contributed by atoms with E-state index in [4.69, 9.17) is 0 Å². The van der Waals surface area contributed by atoms with E-state index < -0.39 is 0 Å². The van der Waals surface area contributed by atoms with Gasteiger partial charge in [0.05, 0.1) is 11.7 Å². The number of nitrogens with one attached hydrogen (secondary N) is 1. The molecule has 0 radical (unpaired) electrons. The number of rotatable bonds is 6. The zero-order valence-corrected chi connectivity index (χ0v) is 17.2. The number of aromatic nitrogens is 1. The molecule has 0 bridgehead atoms. The molecule has 1 fully saturated rings. The Kier molecular flexibility index (Phi) is 6.02. The lowest BCUT2D eigenvalue weighted by molar-refractivity contribution is 0.0941. The Morgan fingerprint density at radius 1 is 1.14 bits per heavy atom. The molecule has 1 N–H and O–H groups in total. The van der Waals surface area contributed by atoms with Gasteiger partial charge in [0.1, 0.15) is 15.7 Å². The molecule has 1 atom stereocenters. The van der Waals surface area contributed by atoms with E-state index in [1.165, 1.54) is 41.9 Å². The smallest absolute Gasteiger partial charge is 0.263 e. The number of aryl methyl sites for hydroxylation is 1. The third-order valence-corrected chi connectivity index (χ3v) is 6.52. The summed E-state index contributed by atoms with van der Waals surface area (Å²) in [5.74, 6) is -0.387. The summed E-state index contributed by atoms with van der Waals surface area (Å²) in [5, 5.41) is 3.85. The standard InChI is InChI=1S/C23H24FN3OS/c1-16-21(29-23(26-16)18-9-11-19(24)12-10-18)22(28)25-15-20(27-13-5-6-14-27)17-7-3-2-4-8-17/h2-4,7-12,20H,5-6,13-15H2,1H3,(H,25,28). The summed E-state index contributed by atoms with van der Waals surface area (Å²) >= 11 is 1.35. The lowest BCUT2D eigenvalue weighted by atomic mass is 10.1. The van der Waals surface area contributed by atoms with Crippen LogP contribution in [0.25, 0.3) is 10.6 Å². The number of carbonyl (C=O) groups excluding carboxylic acids is 1. The second-order valence-electron chi connectivity index (χ2n) is 7.32. The molecule has 4 nitrogen and oxygen atoms in total. The highest BCUT2D eigenvalue weighted by Gasteiger charge is 2.25. The first-order valence-corrected chi connectivity index (χ1v) is 10.7. The molecule has 0 aliphatic carbocycles. The van der Waals surface area contributed by atoms with Crippen molar-refractivity contribution in [3.8, 4) is 10.6 Å². The van der Waals surface area contributed by atoms with Crippen LogP contribution in [0.5, 0.6) is 0 Å². The number of carbonyl (C=O) groups is 1. The first-order chi connectivity index (χ1) is 14.1. The zero-order valence-electron chi connectivity index (χ0n) is 16.4. The fraction of sp³-hybridized carbons (Fsp3) is 0.304. The van der Waals surface area contributed by atoms with Crippen molar-refractivity contribution in [1.82, 2.24) is 15.2 Å². The predicted octanol–water partition coefficient (Wildman–Crippen LogP) is 4.82. The van der Waals surface area contributed by atoms with Gasteiger partial charge in [0.2, 0.25) is 0 Å². The fourth-order valence-electron chi connectivity index (χ4n) is 3.78. The maximum absolute atomic E-state index is 13.2. The van der Waals surface area contributed by atoms with Gasteiger partial charge in [-0.2, -0.15) is 0 Å². The van der Waals surface area contributed by atoms with E-state index in [9.17, 15) is 9.18 Å². The second-order valence-corrected chi connectivity index (χ2v) is 8.32. The van der Waals surface area contributed by atoms with Gasteiger partial charge < -0.3 is 5.32 Å². The van der Waals surface area contributed by atoms with E-state index in [0.717, 1.165) is 23.7 Å². The second kappa shape index (κ2) is 8.84. The summed E-state index contributed by atoms with van der Waals surface area (Å²) in [5.41, 5.74) is 2.74. The Hall–Kier alpha value is -2.57. The number of thiazole rings is 1. The van der Waals surface area contributed by atoms with E-state index in [-0.39, 0.29) is 17.8 Å². The Balaban J connectivity index is 1.49. The van der Waals surface area contributed by atoms with Crippen molar-refractivity contribution in [1.29, 1.82) is 0 Å². The average Bonchev–Trinajstić information content (AvgIpc) is 3.40. The maximum Gasteiger partial charge on any atom is 0.263 e. The van der Waals surface area contributed by atoms with E-state index in [1.54, 1.807) is 12.1 Å². The van der Waals surface area contributed by atoms with Gasteiger partial charge in [-0.05, 0) is 62.7 Å². The van der Waals surface area contributed by atoms with Gasteiger partial charge in [-0.15, -0.1) is 11.3 Å². The highest BCUT2D eigenvalue weighted by atomic mass is 32.1. The van der Waals surface area contributed by atoms with Gasteiger partial charge in [-0.25, -0.2) is 9.37 Å². The summed E-state index contributed by atoms with van der Waals surface area (Å²) in [7, 11) is 0. The van der Waals surface area contributed by atoms with Crippen molar-refractivity contribution in [2.24, 2.45) is 0 Å². The Morgan fingerprint density at radius 3 is 2.52 bits per heavy atom. The van der Waals surface area contributed by atoms with E-state index in [1.807, 2.05) is 25.1 Å². The molecule has 0 spiro atoms. The van der Waals surface area contributed by atoms with Crippen molar-refractivity contribution in [3.63, 3.8) is 0 Å². The molecule has 1 amide bonds. The molecular formula is C23H24FN3OS. The van der Waals surface area contributed by atoms with Crippen LogP contribution in [0.3, 0.4) is 0 Å². The van der Waals surface area contributed by atoms with Gasteiger partial charge in [0.15, 0.2) is 0 Å². The van der Waals surface area contributed by atoms with Crippen LogP contribution in [-0.4, -0.2) is 35.4 Å². The summed E-state index contributed by atoms with van der Waals surface area (Å²) in [6, 6.07) is 16.7. The van der Waals surface area contributed by atoms with Crippen LogP contribution < -0.4 is 5.32 Å². The Bertz CT molecular complexity index is 966. The van der Waals surface area contributed by atoms with E-state index in [2.05, 4.69) is 27.3 Å². The fourth-order valence-corrected chi connectivity index (χ4v) is 4.77. The Morgan fingerprint density at radius 2 is 1.83 bits per heavy atom. The minimum atomic E-state index is -0.283. The number of halogens is 1. The van der Waals surface area contributed by atoms with Crippen LogP contribution in [0, 0.1) is 12.7 Å². The number of hydrogen-bond acceptors (Lipinski definition) is 4. The first kappa shape index (κ1) is 19.7. The first-order valence-electron chi connectivity index (χ1n) is 9.92. The number of nitrogens with zero attached hydrogens (tertiary/aromatic N) is 2. The molecule has 150 valence electrons. The number of likely N-dealkylation sites (tertiary alicyclic amines) is 1. The van der Waals surface area contributed by atoms with Crippen LogP contribution in [0.15, 0.2) is 54.6 Å². The topological polar surface area (TPSA) is 45.2 Å². The van der Waals surface area contributed by atoms with Crippen molar-refractivity contribution < 1.29 is 9.18 Å². The summed E-state index contributed by atoms with van der Waals surface area (Å²) in [6.45, 7) is 4.52. The number of benzene rings is 2. The molecule has 6 heteroatoms. The molecule has 0 saturated carbocycles. The molecule has 1 saturated heterocycles. The minimum Gasteiger partial charge on any atom is -0.349 e. The van der Waals surface area contributed by atoms with E-state index >= 15 is 0 Å². The molecule has 1 unspecified atom stereocenters. The van der Waals surface area contributed by atoms with Crippen molar-refractivity contribution in [3.05, 3.63) is 76.5 Å². The molecule has 2 heterocycles. The molecule has 2 aromatic carbocycles. The predicted molar refractivity (Wildman–Crippen MR) is 115 cm³/mol. The van der Waals surface area contributed by atoms with Crippen LogP contribution >= 0.6 is 11.3 Å². The molecule has 1 aliphatic rings. The number of amides is 1. The molecular weight excluding hydrogens is 385 g/mol. The average molecular weight is 410 g/mol. The summed E-state index contributed by atoms with van der Waals surface area (Å²) < 4.78 is 13.2. The van der Waals surface area contributed by atoms with Crippen LogP contribution in [0.1, 0.15) is 39.8 Å². The molecule has 1 aliphatic heterocycles. The summed E-state index contributed by atoms with van der Waals surface area (Å²) in [6.07, 6.45) is 2.40. The summed E-state index contributed by atoms with van der Waals surface area (Å²) in [4.78, 5) is 20.5. The van der Waals surface area contributed by atoms with Gasteiger partial charge >= 0.3 is 0 Å². The molecule has 3 aromatic rings. The molecule has 29 heavy (non-hydrogen) atoms. The van der Waals surface area contributed by atoms with Gasteiger partial charge in [0, 0.05) is 12.1 Å². The van der Waals surface area contributed by atoms with Crippen molar-refractivity contribution >= 4 is 17.2 Å². The van der Waals surface area contributed by atoms with Gasteiger partial charge in [-0.1, -0.05) is 30.3 Å².